The van der Waals surface area contributed by atoms with E-state index in [-0.39, 0.29) is 10.6 Å². The third kappa shape index (κ3) is 2.66. The summed E-state index contributed by atoms with van der Waals surface area (Å²) in [5.74, 6) is 0.911. The van der Waals surface area contributed by atoms with Crippen molar-refractivity contribution in [2.75, 3.05) is 18.0 Å². The van der Waals surface area contributed by atoms with Crippen LogP contribution in [0.25, 0.3) is 10.9 Å². The van der Waals surface area contributed by atoms with E-state index in [4.69, 9.17) is 0 Å². The van der Waals surface area contributed by atoms with Gasteiger partial charge in [0.05, 0.1) is 16.5 Å². The highest BCUT2D eigenvalue weighted by atomic mass is 16.6. The number of anilines is 1. The molecular weight excluding hydrogens is 308 g/mol. The Morgan fingerprint density at radius 3 is 2.71 bits per heavy atom. The molecule has 0 unspecified atom stereocenters. The average Bonchev–Trinajstić information content (AvgIpc) is 3.15. The number of nitrogens with zero attached hydrogens (tertiary/aromatic N) is 6. The van der Waals surface area contributed by atoms with Crippen LogP contribution in [0.5, 0.6) is 0 Å². The number of benzene rings is 1. The van der Waals surface area contributed by atoms with Gasteiger partial charge in [0.2, 0.25) is 0 Å². The van der Waals surface area contributed by atoms with E-state index < -0.39 is 0 Å². The molecule has 24 heavy (non-hydrogen) atoms. The number of hydrogen-bond donors (Lipinski definition) is 0. The van der Waals surface area contributed by atoms with Crippen molar-refractivity contribution in [1.82, 2.24) is 19.7 Å². The van der Waals surface area contributed by atoms with Crippen LogP contribution in [0.2, 0.25) is 0 Å². The third-order valence-corrected chi connectivity index (χ3v) is 4.47. The van der Waals surface area contributed by atoms with E-state index in [0.717, 1.165) is 42.7 Å². The van der Waals surface area contributed by atoms with Crippen LogP contribution in [-0.2, 0) is 0 Å². The molecule has 0 spiro atoms. The molecular formula is C16H16N6O2. The van der Waals surface area contributed by atoms with Crippen molar-refractivity contribution in [3.05, 3.63) is 53.1 Å². The number of fused-ring (bicyclic) bond motifs is 1. The zero-order valence-corrected chi connectivity index (χ0v) is 12.9. The lowest BCUT2D eigenvalue weighted by Gasteiger charge is -2.32. The number of hydrogen-bond acceptors (Lipinski definition) is 6. The summed E-state index contributed by atoms with van der Waals surface area (Å²) >= 11 is 0. The van der Waals surface area contributed by atoms with Crippen LogP contribution >= 0.6 is 0 Å². The molecule has 1 aromatic carbocycles. The average molecular weight is 324 g/mol. The SMILES string of the molecule is O=[N+]([O-])c1ccc2nc(N3CCC(n4cncn4)CC3)ccc2c1. The third-order valence-electron chi connectivity index (χ3n) is 4.47. The molecule has 3 aromatic rings. The minimum atomic E-state index is -0.387. The Bertz CT molecular complexity index is 871. The van der Waals surface area contributed by atoms with Crippen molar-refractivity contribution in [3.8, 4) is 0 Å². The highest BCUT2D eigenvalue weighted by Crippen LogP contribution is 2.27. The minimum Gasteiger partial charge on any atom is -0.356 e. The Balaban J connectivity index is 1.52. The maximum Gasteiger partial charge on any atom is 0.270 e. The summed E-state index contributed by atoms with van der Waals surface area (Å²) in [4.78, 5) is 21.4. The van der Waals surface area contributed by atoms with Gasteiger partial charge in [-0.15, -0.1) is 0 Å². The van der Waals surface area contributed by atoms with Gasteiger partial charge in [0.25, 0.3) is 5.69 Å². The first-order valence-corrected chi connectivity index (χ1v) is 7.85. The molecule has 3 heterocycles. The van der Waals surface area contributed by atoms with Crippen LogP contribution in [0.4, 0.5) is 11.5 Å². The normalized spacial score (nSPS) is 15.8. The summed E-state index contributed by atoms with van der Waals surface area (Å²) < 4.78 is 1.92. The van der Waals surface area contributed by atoms with Gasteiger partial charge in [0.15, 0.2) is 0 Å². The number of pyridine rings is 1. The molecule has 0 atom stereocenters. The summed E-state index contributed by atoms with van der Waals surface area (Å²) in [5, 5.41) is 15.9. The van der Waals surface area contributed by atoms with Crippen molar-refractivity contribution in [2.45, 2.75) is 18.9 Å². The molecule has 122 valence electrons. The van der Waals surface area contributed by atoms with Crippen molar-refractivity contribution < 1.29 is 4.92 Å². The molecule has 0 radical (unpaired) electrons. The molecule has 1 fully saturated rings. The first kappa shape index (κ1) is 14.6. The van der Waals surface area contributed by atoms with Crippen LogP contribution in [0.1, 0.15) is 18.9 Å². The van der Waals surface area contributed by atoms with E-state index in [0.29, 0.717) is 6.04 Å². The number of piperidine rings is 1. The zero-order valence-electron chi connectivity index (χ0n) is 12.9. The maximum absolute atomic E-state index is 10.9. The Hall–Kier alpha value is -3.03. The number of non-ortho nitro benzene ring substituents is 1. The molecule has 1 saturated heterocycles. The lowest BCUT2D eigenvalue weighted by Crippen LogP contribution is -2.35. The monoisotopic (exact) mass is 324 g/mol. The second-order valence-electron chi connectivity index (χ2n) is 5.90. The van der Waals surface area contributed by atoms with Gasteiger partial charge in [0.1, 0.15) is 18.5 Å². The van der Waals surface area contributed by atoms with Gasteiger partial charge < -0.3 is 4.90 Å². The van der Waals surface area contributed by atoms with Crippen molar-refractivity contribution in [1.29, 1.82) is 0 Å². The van der Waals surface area contributed by atoms with E-state index in [9.17, 15) is 10.1 Å². The molecule has 0 saturated carbocycles. The van der Waals surface area contributed by atoms with E-state index in [1.165, 1.54) is 6.07 Å². The molecule has 1 aliphatic rings. The molecule has 8 heteroatoms. The summed E-state index contributed by atoms with van der Waals surface area (Å²) in [7, 11) is 0. The van der Waals surface area contributed by atoms with Gasteiger partial charge in [0, 0.05) is 30.6 Å². The fourth-order valence-corrected chi connectivity index (χ4v) is 3.16. The van der Waals surface area contributed by atoms with Crippen LogP contribution in [-0.4, -0.2) is 37.8 Å². The number of nitro groups is 1. The van der Waals surface area contributed by atoms with E-state index in [1.54, 1.807) is 24.8 Å². The number of rotatable bonds is 3. The van der Waals surface area contributed by atoms with Crippen LogP contribution in [0, 0.1) is 10.1 Å². The standard InChI is InChI=1S/C16H16N6O2/c23-22(24)14-2-3-15-12(9-14)1-4-16(19-15)20-7-5-13(6-8-20)21-11-17-10-18-21/h1-4,9-11,13H,5-8H2. The minimum absolute atomic E-state index is 0.0886. The summed E-state index contributed by atoms with van der Waals surface area (Å²) in [5.41, 5.74) is 0.863. The van der Waals surface area contributed by atoms with E-state index >= 15 is 0 Å². The highest BCUT2D eigenvalue weighted by Gasteiger charge is 2.22. The summed E-state index contributed by atoms with van der Waals surface area (Å²) in [6, 6.07) is 8.97. The van der Waals surface area contributed by atoms with Crippen molar-refractivity contribution >= 4 is 22.4 Å². The Morgan fingerprint density at radius 2 is 2.00 bits per heavy atom. The quantitative estimate of drug-likeness (QED) is 0.543. The molecule has 0 bridgehead atoms. The molecule has 4 rings (SSSR count). The zero-order chi connectivity index (χ0) is 16.5. The van der Waals surface area contributed by atoms with Gasteiger partial charge in [-0.3, -0.25) is 10.1 Å². The molecule has 1 aliphatic heterocycles. The fourth-order valence-electron chi connectivity index (χ4n) is 3.16. The lowest BCUT2D eigenvalue weighted by molar-refractivity contribution is -0.384. The number of aromatic nitrogens is 4. The first-order valence-electron chi connectivity index (χ1n) is 7.85. The molecule has 0 amide bonds. The van der Waals surface area contributed by atoms with Crippen molar-refractivity contribution in [3.63, 3.8) is 0 Å². The van der Waals surface area contributed by atoms with Gasteiger partial charge >= 0.3 is 0 Å². The second kappa shape index (κ2) is 5.88. The van der Waals surface area contributed by atoms with E-state index in [1.807, 2.05) is 16.8 Å². The Kier molecular flexibility index (Phi) is 3.56. The first-order chi connectivity index (χ1) is 11.7. The number of nitro benzene ring substituents is 1. The predicted molar refractivity (Wildman–Crippen MR) is 88.9 cm³/mol. The lowest BCUT2D eigenvalue weighted by atomic mass is 10.1. The Morgan fingerprint density at radius 1 is 1.17 bits per heavy atom. The smallest absolute Gasteiger partial charge is 0.270 e. The van der Waals surface area contributed by atoms with Gasteiger partial charge in [-0.25, -0.2) is 14.6 Å². The van der Waals surface area contributed by atoms with Crippen LogP contribution < -0.4 is 4.90 Å². The maximum atomic E-state index is 10.9. The topological polar surface area (TPSA) is 90.0 Å². The van der Waals surface area contributed by atoms with E-state index in [2.05, 4.69) is 20.0 Å². The van der Waals surface area contributed by atoms with Crippen LogP contribution in [0.3, 0.4) is 0 Å². The molecule has 2 aromatic heterocycles. The van der Waals surface area contributed by atoms with Gasteiger partial charge in [-0.1, -0.05) is 0 Å². The Labute approximate surface area is 137 Å². The second-order valence-corrected chi connectivity index (χ2v) is 5.90. The largest absolute Gasteiger partial charge is 0.356 e. The molecule has 8 nitrogen and oxygen atoms in total. The van der Waals surface area contributed by atoms with Crippen molar-refractivity contribution in [2.24, 2.45) is 0 Å². The highest BCUT2D eigenvalue weighted by molar-refractivity contribution is 5.82. The van der Waals surface area contributed by atoms with Gasteiger partial charge in [-0.2, -0.15) is 5.10 Å². The fraction of sp³-hybridized carbons (Fsp3) is 0.312. The summed E-state index contributed by atoms with van der Waals surface area (Å²) in [6.07, 6.45) is 5.31. The molecule has 0 aliphatic carbocycles. The molecule has 0 N–H and O–H groups in total. The predicted octanol–water partition coefficient (Wildman–Crippen LogP) is 2.58. The van der Waals surface area contributed by atoms with Gasteiger partial charge in [-0.05, 0) is 31.0 Å². The van der Waals surface area contributed by atoms with Crippen LogP contribution in [0.15, 0.2) is 43.0 Å². The summed E-state index contributed by atoms with van der Waals surface area (Å²) in [6.45, 7) is 1.80.